The fraction of sp³-hybridized carbons (Fsp3) is 0.250. The maximum absolute atomic E-state index is 13.5. The Morgan fingerprint density at radius 3 is 1.80 bits per heavy atom. The predicted molar refractivity (Wildman–Crippen MR) is 162 cm³/mol. The van der Waals surface area contributed by atoms with Crippen molar-refractivity contribution in [2.24, 2.45) is 10.7 Å². The maximum Gasteiger partial charge on any atom is 0.338 e. The molecule has 1 saturated heterocycles. The lowest BCUT2D eigenvalue weighted by molar-refractivity contribution is -0.289. The SMILES string of the molecule is COC1OC(Cn2nnc3c2NC=NC3N)C(OC(=O)c2ccccc2)C(OC(=O)c2ccccc2)C1OC(=O)c1ccccc1. The van der Waals surface area contributed by atoms with Crippen LogP contribution in [-0.2, 0) is 30.2 Å². The van der Waals surface area contributed by atoms with Gasteiger partial charge in [0.05, 0.1) is 29.6 Å². The zero-order valence-corrected chi connectivity index (χ0v) is 24.5. The third-order valence-corrected chi connectivity index (χ3v) is 7.41. The number of nitrogens with one attached hydrogen (secondary N) is 1. The summed E-state index contributed by atoms with van der Waals surface area (Å²) < 4.78 is 31.4. The highest BCUT2D eigenvalue weighted by molar-refractivity contribution is 5.91. The highest BCUT2D eigenvalue weighted by Crippen LogP contribution is 2.33. The van der Waals surface area contributed by atoms with Crippen LogP contribution in [0.1, 0.15) is 42.9 Å². The fourth-order valence-corrected chi connectivity index (χ4v) is 5.14. The molecular formula is C32H30N6O8. The zero-order valence-electron chi connectivity index (χ0n) is 24.5. The largest absolute Gasteiger partial charge is 0.452 e. The van der Waals surface area contributed by atoms with Crippen molar-refractivity contribution in [2.45, 2.75) is 43.4 Å². The van der Waals surface area contributed by atoms with E-state index in [9.17, 15) is 14.4 Å². The van der Waals surface area contributed by atoms with Gasteiger partial charge in [-0.3, -0.25) is 4.99 Å². The zero-order chi connectivity index (χ0) is 32.0. The summed E-state index contributed by atoms with van der Waals surface area (Å²) in [5.41, 5.74) is 7.15. The standard InChI is InChI=1S/C32H30N6O8/c1-42-32-26(46-31(41)21-15-9-4-10-16-21)25(45-30(40)20-13-7-3-8-14-20)24(44-29(39)19-11-5-2-6-12-19)22(43-32)17-38-28-23(36-37-38)27(33)34-18-35-28/h2-16,18,22,24-27,32H,17,33H2,1H3,(H,34,35). The number of hydrogen-bond acceptors (Lipinski definition) is 13. The van der Waals surface area contributed by atoms with Gasteiger partial charge in [-0.25, -0.2) is 19.1 Å². The van der Waals surface area contributed by atoms with E-state index in [0.717, 1.165) is 0 Å². The Morgan fingerprint density at radius 2 is 1.28 bits per heavy atom. The number of nitrogens with two attached hydrogens (primary N) is 1. The molecule has 0 bridgehead atoms. The fourth-order valence-electron chi connectivity index (χ4n) is 5.14. The molecule has 3 heterocycles. The predicted octanol–water partition coefficient (Wildman–Crippen LogP) is 2.74. The van der Waals surface area contributed by atoms with Gasteiger partial charge in [-0.05, 0) is 36.4 Å². The maximum atomic E-state index is 13.5. The number of hydrogen-bond donors (Lipinski definition) is 2. The summed E-state index contributed by atoms with van der Waals surface area (Å²) in [6.45, 7) is -0.0682. The molecule has 6 atom stereocenters. The van der Waals surface area contributed by atoms with Crippen LogP contribution in [0.5, 0.6) is 0 Å². The molecule has 0 amide bonds. The number of nitrogens with zero attached hydrogens (tertiary/aromatic N) is 4. The minimum absolute atomic E-state index is 0.0682. The molecule has 14 nitrogen and oxygen atoms in total. The third kappa shape index (κ3) is 6.49. The Kier molecular flexibility index (Phi) is 9.10. The second-order valence-electron chi connectivity index (χ2n) is 10.4. The molecule has 236 valence electrons. The second-order valence-corrected chi connectivity index (χ2v) is 10.4. The molecule has 1 aromatic heterocycles. The van der Waals surface area contributed by atoms with Crippen molar-refractivity contribution in [3.05, 3.63) is 113 Å². The van der Waals surface area contributed by atoms with E-state index < -0.39 is 54.8 Å². The number of aromatic nitrogens is 3. The van der Waals surface area contributed by atoms with Gasteiger partial charge in [0.1, 0.15) is 18.0 Å². The van der Waals surface area contributed by atoms with E-state index in [1.54, 1.807) is 91.0 Å². The van der Waals surface area contributed by atoms with E-state index >= 15 is 0 Å². The van der Waals surface area contributed by atoms with Crippen molar-refractivity contribution < 1.29 is 38.1 Å². The van der Waals surface area contributed by atoms with Crippen molar-refractivity contribution in [1.29, 1.82) is 0 Å². The number of anilines is 1. The molecule has 3 aromatic carbocycles. The Morgan fingerprint density at radius 1 is 0.783 bits per heavy atom. The number of benzene rings is 3. The lowest BCUT2D eigenvalue weighted by Crippen LogP contribution is -2.62. The number of methoxy groups -OCH3 is 1. The van der Waals surface area contributed by atoms with E-state index in [1.165, 1.54) is 18.1 Å². The molecule has 2 aliphatic heterocycles. The van der Waals surface area contributed by atoms with Crippen LogP contribution in [0.4, 0.5) is 5.82 Å². The van der Waals surface area contributed by atoms with Crippen LogP contribution in [-0.4, -0.2) is 77.1 Å². The van der Waals surface area contributed by atoms with Crippen molar-refractivity contribution in [3.63, 3.8) is 0 Å². The average Bonchev–Trinajstić information content (AvgIpc) is 3.51. The van der Waals surface area contributed by atoms with Crippen LogP contribution >= 0.6 is 0 Å². The van der Waals surface area contributed by atoms with Gasteiger partial charge in [-0.2, -0.15) is 0 Å². The van der Waals surface area contributed by atoms with E-state index in [-0.39, 0.29) is 23.2 Å². The van der Waals surface area contributed by atoms with E-state index in [0.29, 0.717) is 11.5 Å². The van der Waals surface area contributed by atoms with Gasteiger partial charge in [0.2, 0.25) is 0 Å². The number of aliphatic imine (C=N–C) groups is 1. The summed E-state index contributed by atoms with van der Waals surface area (Å²) >= 11 is 0. The Balaban J connectivity index is 1.39. The minimum atomic E-state index is -1.40. The molecule has 14 heteroatoms. The number of ether oxygens (including phenoxy) is 5. The summed E-state index contributed by atoms with van der Waals surface area (Å²) in [7, 11) is 1.35. The first-order valence-electron chi connectivity index (χ1n) is 14.4. The number of rotatable bonds is 9. The molecule has 0 spiro atoms. The van der Waals surface area contributed by atoms with E-state index in [2.05, 4.69) is 20.6 Å². The number of esters is 3. The Labute approximate surface area is 263 Å². The topological polar surface area (TPSA) is 178 Å². The first kappa shape index (κ1) is 30.6. The van der Waals surface area contributed by atoms with Crippen LogP contribution < -0.4 is 11.1 Å². The summed E-state index contributed by atoms with van der Waals surface area (Å²) in [5.74, 6) is -1.75. The summed E-state index contributed by atoms with van der Waals surface area (Å²) in [6.07, 6.45) is -5.72. The highest BCUT2D eigenvalue weighted by Gasteiger charge is 2.53. The highest BCUT2D eigenvalue weighted by atomic mass is 16.7. The van der Waals surface area contributed by atoms with Crippen LogP contribution in [0.25, 0.3) is 0 Å². The minimum Gasteiger partial charge on any atom is -0.452 e. The van der Waals surface area contributed by atoms with Crippen LogP contribution in [0.15, 0.2) is 96.0 Å². The quantitative estimate of drug-likeness (QED) is 0.205. The monoisotopic (exact) mass is 626 g/mol. The Bertz CT molecular complexity index is 1700. The van der Waals surface area contributed by atoms with Gasteiger partial charge in [-0.1, -0.05) is 59.8 Å². The Hall–Kier alpha value is -5.44. The number of carbonyl (C=O) groups is 3. The van der Waals surface area contributed by atoms with Gasteiger partial charge < -0.3 is 34.7 Å². The van der Waals surface area contributed by atoms with Gasteiger partial charge in [-0.15, -0.1) is 5.10 Å². The van der Waals surface area contributed by atoms with Gasteiger partial charge in [0, 0.05) is 7.11 Å². The lowest BCUT2D eigenvalue weighted by Gasteiger charge is -2.44. The van der Waals surface area contributed by atoms with E-state index in [4.69, 9.17) is 29.4 Å². The first-order chi connectivity index (χ1) is 22.4. The summed E-state index contributed by atoms with van der Waals surface area (Å²) in [4.78, 5) is 44.4. The van der Waals surface area contributed by atoms with Crippen molar-refractivity contribution in [3.8, 4) is 0 Å². The van der Waals surface area contributed by atoms with Gasteiger partial charge >= 0.3 is 17.9 Å². The van der Waals surface area contributed by atoms with Crippen molar-refractivity contribution in [2.75, 3.05) is 12.4 Å². The van der Waals surface area contributed by atoms with Gasteiger partial charge in [0.25, 0.3) is 0 Å². The van der Waals surface area contributed by atoms with E-state index in [1.807, 2.05) is 0 Å². The van der Waals surface area contributed by atoms with Gasteiger partial charge in [0.15, 0.2) is 30.4 Å². The molecular weight excluding hydrogens is 596 g/mol. The molecule has 2 aliphatic rings. The van der Waals surface area contributed by atoms with Crippen LogP contribution in [0.2, 0.25) is 0 Å². The summed E-state index contributed by atoms with van der Waals surface area (Å²) in [5, 5.41) is 11.3. The molecule has 0 aliphatic carbocycles. The molecule has 6 unspecified atom stereocenters. The molecule has 46 heavy (non-hydrogen) atoms. The molecule has 3 N–H and O–H groups in total. The number of fused-ring (bicyclic) bond motifs is 1. The normalized spacial score (nSPS) is 23.4. The number of carbonyl (C=O) groups excluding carboxylic acids is 3. The van der Waals surface area contributed by atoms with Crippen molar-refractivity contribution >= 4 is 30.1 Å². The van der Waals surface area contributed by atoms with Crippen molar-refractivity contribution in [1.82, 2.24) is 15.0 Å². The average molecular weight is 627 g/mol. The lowest BCUT2D eigenvalue weighted by atomic mass is 9.97. The molecule has 1 fully saturated rings. The smallest absolute Gasteiger partial charge is 0.338 e. The second kappa shape index (κ2) is 13.7. The molecule has 6 rings (SSSR count). The molecule has 0 radical (unpaired) electrons. The van der Waals surface area contributed by atoms with Crippen LogP contribution in [0, 0.1) is 0 Å². The molecule has 4 aromatic rings. The third-order valence-electron chi connectivity index (χ3n) is 7.41. The first-order valence-corrected chi connectivity index (χ1v) is 14.4. The molecule has 0 saturated carbocycles. The van der Waals surface area contributed by atoms with Crippen LogP contribution in [0.3, 0.4) is 0 Å². The summed E-state index contributed by atoms with van der Waals surface area (Å²) in [6, 6.07) is 24.8.